The highest BCUT2D eigenvalue weighted by Crippen LogP contribution is 2.39. The van der Waals surface area contributed by atoms with Crippen LogP contribution >= 0.6 is 11.6 Å². The number of carbonyl (C=O) groups is 1. The molecule has 2 heterocycles. The predicted octanol–water partition coefficient (Wildman–Crippen LogP) is 1.18. The topological polar surface area (TPSA) is 104 Å². The Morgan fingerprint density at radius 3 is 3.00 bits per heavy atom. The summed E-state index contributed by atoms with van der Waals surface area (Å²) in [7, 11) is 3.77. The number of amides is 1. The normalized spacial score (nSPS) is 26.8. The lowest BCUT2D eigenvalue weighted by Gasteiger charge is -2.36. The molecule has 2 aliphatic rings. The number of aliphatic hydroxyl groups excluding tert-OH is 1. The number of aliphatic hydroxyl groups is 1. The molecule has 1 unspecified atom stereocenters. The molecule has 28 heavy (non-hydrogen) atoms. The first kappa shape index (κ1) is 19.2. The van der Waals surface area contributed by atoms with Crippen molar-refractivity contribution in [1.82, 2.24) is 9.97 Å². The molecule has 1 aromatic carbocycles. The number of piperidine rings is 1. The summed E-state index contributed by atoms with van der Waals surface area (Å²) in [5, 5.41) is 13.3. The number of primary amides is 1. The Labute approximate surface area is 171 Å². The predicted molar refractivity (Wildman–Crippen MR) is 108 cm³/mol. The van der Waals surface area contributed by atoms with Crippen LogP contribution in [0.3, 0.4) is 0 Å². The number of benzene rings is 1. The summed E-state index contributed by atoms with van der Waals surface area (Å²) >= 11 is 6.07. The number of nitrogens with one attached hydrogen (secondary N) is 1. The van der Waals surface area contributed by atoms with Crippen LogP contribution in [0, 0.1) is 5.92 Å². The number of hydrogen-bond acceptors (Lipinski definition) is 6. The van der Waals surface area contributed by atoms with Crippen LogP contribution in [-0.4, -0.2) is 50.4 Å². The lowest BCUT2D eigenvalue weighted by molar-refractivity contribution is -0.122. The number of fused-ring (bicyclic) bond motifs is 1. The highest BCUT2D eigenvalue weighted by atomic mass is 35.5. The van der Waals surface area contributed by atoms with Gasteiger partial charge >= 0.3 is 0 Å². The van der Waals surface area contributed by atoms with Gasteiger partial charge in [0.05, 0.1) is 39.3 Å². The number of rotatable bonds is 4. The maximum atomic E-state index is 11.7. The van der Waals surface area contributed by atoms with Crippen molar-refractivity contribution in [2.24, 2.45) is 11.7 Å². The molecule has 0 saturated carbocycles. The average Bonchev–Trinajstić information content (AvgIpc) is 2.92. The van der Waals surface area contributed by atoms with Gasteiger partial charge in [0.1, 0.15) is 0 Å². The van der Waals surface area contributed by atoms with E-state index in [4.69, 9.17) is 17.3 Å². The zero-order chi connectivity index (χ0) is 19.9. The van der Waals surface area contributed by atoms with Gasteiger partial charge < -0.3 is 21.1 Å². The van der Waals surface area contributed by atoms with E-state index in [0.717, 1.165) is 36.2 Å². The Hall–Kier alpha value is -2.16. The second kappa shape index (κ2) is 7.34. The largest absolute Gasteiger partial charge is 0.390 e. The van der Waals surface area contributed by atoms with Crippen molar-refractivity contribution >= 4 is 39.3 Å². The molecule has 9 heteroatoms. The zero-order valence-corrected chi connectivity index (χ0v) is 17.0. The number of nitrogens with two attached hydrogens (primary N) is 1. The number of carbonyl (C=O) groups excluding carboxylic acids is 1. The van der Waals surface area contributed by atoms with E-state index in [1.54, 1.807) is 6.20 Å². The summed E-state index contributed by atoms with van der Waals surface area (Å²) in [5.74, 6) is -0.0192. The van der Waals surface area contributed by atoms with Gasteiger partial charge in [0.15, 0.2) is 5.82 Å². The lowest BCUT2D eigenvalue weighted by Crippen LogP contribution is -2.45. The van der Waals surface area contributed by atoms with Gasteiger partial charge in [0.2, 0.25) is 11.2 Å². The van der Waals surface area contributed by atoms with Crippen molar-refractivity contribution in [3.05, 3.63) is 46.9 Å². The van der Waals surface area contributed by atoms with Crippen molar-refractivity contribution < 1.29 is 9.90 Å². The molecule has 4 rings (SSSR count). The standard InChI is InChI=1S/C19H21ClN5O2Si/c20-18-22-9-14(25-7-3-5-12(10-25)16(21)27)17(23-18)24-19(28)13-6-2-1-4-11(13)8-15(19)26/h1-2,4,6,9,12,15,26H,3,5,7-8,10H2,(H2,21,27)(H,22,23,24)/t12-,15?,19+/m0/s1. The zero-order valence-electron chi connectivity index (χ0n) is 15.2. The summed E-state index contributed by atoms with van der Waals surface area (Å²) in [6, 6.07) is 7.85. The minimum Gasteiger partial charge on any atom is -0.390 e. The van der Waals surface area contributed by atoms with E-state index >= 15 is 0 Å². The molecule has 7 nitrogen and oxygen atoms in total. The first-order valence-electron chi connectivity index (χ1n) is 9.25. The SMILES string of the molecule is NC(=O)[C@H]1CCCN(c2cnc(Cl)nc2N[C@@]2([Si])c3ccccc3CC2O)C1. The van der Waals surface area contributed by atoms with Gasteiger partial charge in [0, 0.05) is 19.5 Å². The summed E-state index contributed by atoms with van der Waals surface area (Å²) in [6.07, 6.45) is 3.10. The molecular weight excluding hydrogens is 394 g/mol. The molecule has 0 bridgehead atoms. The number of nitrogens with zero attached hydrogens (tertiary/aromatic N) is 3. The molecule has 4 N–H and O–H groups in total. The Balaban J connectivity index is 1.69. The monoisotopic (exact) mass is 414 g/mol. The Morgan fingerprint density at radius 1 is 1.43 bits per heavy atom. The molecule has 1 saturated heterocycles. The van der Waals surface area contributed by atoms with E-state index in [9.17, 15) is 9.90 Å². The third-order valence-corrected chi connectivity index (χ3v) is 6.49. The Kier molecular flexibility index (Phi) is 5.03. The van der Waals surface area contributed by atoms with Gasteiger partial charge in [-0.25, -0.2) is 4.98 Å². The minimum atomic E-state index is -0.901. The third-order valence-electron chi connectivity index (χ3n) is 5.58. The van der Waals surface area contributed by atoms with Crippen molar-refractivity contribution in [3.8, 4) is 0 Å². The quantitative estimate of drug-likeness (QED) is 0.512. The van der Waals surface area contributed by atoms with Crippen LogP contribution in [-0.2, 0) is 16.4 Å². The Morgan fingerprint density at radius 2 is 2.21 bits per heavy atom. The van der Waals surface area contributed by atoms with Gasteiger partial charge in [-0.1, -0.05) is 24.3 Å². The maximum Gasteiger partial charge on any atom is 0.224 e. The molecule has 2 aromatic rings. The molecule has 1 aliphatic heterocycles. The number of anilines is 2. The number of aromatic nitrogens is 2. The van der Waals surface area contributed by atoms with E-state index in [0.29, 0.717) is 18.8 Å². The minimum absolute atomic E-state index is 0.103. The van der Waals surface area contributed by atoms with E-state index in [1.165, 1.54) is 0 Å². The Bertz CT molecular complexity index is 914. The van der Waals surface area contributed by atoms with Gasteiger partial charge in [-0.3, -0.25) is 4.79 Å². The fraction of sp³-hybridized carbons (Fsp3) is 0.421. The molecule has 3 radical (unpaired) electrons. The fourth-order valence-electron chi connectivity index (χ4n) is 4.07. The van der Waals surface area contributed by atoms with Crippen LogP contribution in [0.5, 0.6) is 0 Å². The highest BCUT2D eigenvalue weighted by molar-refractivity contribution is 6.28. The maximum absolute atomic E-state index is 11.7. The van der Waals surface area contributed by atoms with Crippen LogP contribution in [0.15, 0.2) is 30.5 Å². The van der Waals surface area contributed by atoms with Crippen LogP contribution in [0.2, 0.25) is 5.28 Å². The van der Waals surface area contributed by atoms with E-state index in [-0.39, 0.29) is 17.1 Å². The molecule has 1 amide bonds. The lowest BCUT2D eigenvalue weighted by atomic mass is 9.97. The summed E-state index contributed by atoms with van der Waals surface area (Å²) in [6.45, 7) is 1.26. The molecule has 3 atom stereocenters. The molecule has 1 aliphatic carbocycles. The van der Waals surface area contributed by atoms with Crippen molar-refractivity contribution in [2.75, 3.05) is 23.3 Å². The second-order valence-electron chi connectivity index (χ2n) is 7.37. The fourth-order valence-corrected chi connectivity index (χ4v) is 4.66. The molecule has 1 aromatic heterocycles. The van der Waals surface area contributed by atoms with Crippen LogP contribution < -0.4 is 16.0 Å². The van der Waals surface area contributed by atoms with Gasteiger partial charge in [-0.2, -0.15) is 4.98 Å². The van der Waals surface area contributed by atoms with Gasteiger partial charge in [0.25, 0.3) is 0 Å². The number of hydrogen-bond donors (Lipinski definition) is 3. The molecule has 1 fully saturated rings. The summed E-state index contributed by atoms with van der Waals surface area (Å²) in [4.78, 5) is 22.2. The highest BCUT2D eigenvalue weighted by Gasteiger charge is 2.43. The first-order chi connectivity index (χ1) is 13.4. The van der Waals surface area contributed by atoms with Crippen LogP contribution in [0.1, 0.15) is 24.0 Å². The van der Waals surface area contributed by atoms with Crippen molar-refractivity contribution in [1.29, 1.82) is 0 Å². The number of halogens is 1. The first-order valence-corrected chi connectivity index (χ1v) is 10.1. The summed E-state index contributed by atoms with van der Waals surface area (Å²) < 4.78 is 0. The van der Waals surface area contributed by atoms with Gasteiger partial charge in [-0.15, -0.1) is 0 Å². The van der Waals surface area contributed by atoms with E-state index in [1.807, 2.05) is 29.2 Å². The van der Waals surface area contributed by atoms with E-state index in [2.05, 4.69) is 25.5 Å². The molecule has 0 spiro atoms. The van der Waals surface area contributed by atoms with Crippen LogP contribution in [0.25, 0.3) is 0 Å². The molecule has 145 valence electrons. The summed E-state index contributed by atoms with van der Waals surface area (Å²) in [5.41, 5.74) is 8.26. The third kappa shape index (κ3) is 3.36. The van der Waals surface area contributed by atoms with E-state index < -0.39 is 11.3 Å². The smallest absolute Gasteiger partial charge is 0.224 e. The average molecular weight is 415 g/mol. The second-order valence-corrected chi connectivity index (χ2v) is 8.50. The van der Waals surface area contributed by atoms with Crippen molar-refractivity contribution in [3.63, 3.8) is 0 Å². The molecular formula is C19H21ClN5O2Si. The van der Waals surface area contributed by atoms with Crippen LogP contribution in [0.4, 0.5) is 11.5 Å². The van der Waals surface area contributed by atoms with Gasteiger partial charge in [-0.05, 0) is 35.6 Å². The van der Waals surface area contributed by atoms with Crippen molar-refractivity contribution in [2.45, 2.75) is 30.5 Å².